The van der Waals surface area contributed by atoms with Crippen molar-refractivity contribution >= 4 is 36.5 Å². The summed E-state index contributed by atoms with van der Waals surface area (Å²) < 4.78 is 0. The molecule has 23 heavy (non-hydrogen) atoms. The molecule has 1 aliphatic rings. The van der Waals surface area contributed by atoms with Crippen LogP contribution in [0, 0.1) is 0 Å². The molecule has 1 aliphatic heterocycles. The smallest absolute Gasteiger partial charge is 0.236 e. The SMILES string of the molecule is CC(CN)N(C)C(=O)CN1CCN(c2ccccn2)CC1.Cl.Cl. The molecule has 132 valence electrons. The van der Waals surface area contributed by atoms with Crippen molar-refractivity contribution < 1.29 is 4.79 Å². The van der Waals surface area contributed by atoms with Crippen LogP contribution in [-0.2, 0) is 4.79 Å². The second-order valence-electron chi connectivity index (χ2n) is 5.54. The number of hydrogen-bond donors (Lipinski definition) is 1. The van der Waals surface area contributed by atoms with E-state index >= 15 is 0 Å². The molecular formula is C15H27Cl2N5O. The van der Waals surface area contributed by atoms with E-state index in [2.05, 4.69) is 14.8 Å². The van der Waals surface area contributed by atoms with Crippen molar-refractivity contribution in [3.63, 3.8) is 0 Å². The summed E-state index contributed by atoms with van der Waals surface area (Å²) in [6, 6.07) is 6.04. The first-order valence-corrected chi connectivity index (χ1v) is 7.46. The fraction of sp³-hybridized carbons (Fsp3) is 0.600. The number of carbonyl (C=O) groups is 1. The highest BCUT2D eigenvalue weighted by Gasteiger charge is 2.22. The molecule has 1 saturated heterocycles. The second kappa shape index (κ2) is 10.6. The summed E-state index contributed by atoms with van der Waals surface area (Å²) in [7, 11) is 1.82. The zero-order chi connectivity index (χ0) is 15.2. The van der Waals surface area contributed by atoms with Crippen LogP contribution in [0.1, 0.15) is 6.92 Å². The summed E-state index contributed by atoms with van der Waals surface area (Å²) in [6.45, 7) is 6.50. The normalized spacial score (nSPS) is 16.0. The highest BCUT2D eigenvalue weighted by Crippen LogP contribution is 2.12. The molecule has 1 fully saturated rings. The Kier molecular flexibility index (Phi) is 10.1. The van der Waals surface area contributed by atoms with Crippen molar-refractivity contribution in [2.24, 2.45) is 5.73 Å². The van der Waals surface area contributed by atoms with Gasteiger partial charge in [0.2, 0.25) is 5.91 Å². The quantitative estimate of drug-likeness (QED) is 0.839. The summed E-state index contributed by atoms with van der Waals surface area (Å²) in [5.74, 6) is 1.15. The predicted molar refractivity (Wildman–Crippen MR) is 98.7 cm³/mol. The molecule has 1 atom stereocenters. The number of anilines is 1. The van der Waals surface area contributed by atoms with Gasteiger partial charge in [-0.05, 0) is 19.1 Å². The number of amides is 1. The summed E-state index contributed by atoms with van der Waals surface area (Å²) in [5.41, 5.74) is 5.61. The number of nitrogens with zero attached hydrogens (tertiary/aromatic N) is 4. The molecular weight excluding hydrogens is 337 g/mol. The summed E-state index contributed by atoms with van der Waals surface area (Å²) >= 11 is 0. The Morgan fingerprint density at radius 1 is 1.30 bits per heavy atom. The van der Waals surface area contributed by atoms with Crippen molar-refractivity contribution in [2.75, 3.05) is 51.2 Å². The summed E-state index contributed by atoms with van der Waals surface area (Å²) in [5, 5.41) is 0. The van der Waals surface area contributed by atoms with Gasteiger partial charge in [0, 0.05) is 52.0 Å². The van der Waals surface area contributed by atoms with E-state index in [1.807, 2.05) is 38.4 Å². The molecule has 0 aromatic carbocycles. The van der Waals surface area contributed by atoms with Gasteiger partial charge in [-0.1, -0.05) is 6.07 Å². The van der Waals surface area contributed by atoms with Crippen LogP contribution in [-0.4, -0.2) is 73.0 Å². The Hall–Kier alpha value is -1.08. The predicted octanol–water partition coefficient (Wildman–Crippen LogP) is 0.853. The minimum atomic E-state index is 0. The van der Waals surface area contributed by atoms with Crippen LogP contribution in [0.5, 0.6) is 0 Å². The van der Waals surface area contributed by atoms with Crippen LogP contribution in [0.3, 0.4) is 0 Å². The van der Waals surface area contributed by atoms with Crippen molar-refractivity contribution in [2.45, 2.75) is 13.0 Å². The number of carbonyl (C=O) groups excluding carboxylic acids is 1. The monoisotopic (exact) mass is 363 g/mol. The van der Waals surface area contributed by atoms with Gasteiger partial charge < -0.3 is 15.5 Å². The number of pyridine rings is 1. The largest absolute Gasteiger partial charge is 0.354 e. The molecule has 0 spiro atoms. The Bertz CT molecular complexity index is 454. The molecule has 2 heterocycles. The third-order valence-electron chi connectivity index (χ3n) is 4.10. The molecule has 8 heteroatoms. The van der Waals surface area contributed by atoms with Gasteiger partial charge in [-0.3, -0.25) is 9.69 Å². The third kappa shape index (κ3) is 6.14. The molecule has 1 aromatic heterocycles. The minimum absolute atomic E-state index is 0. The lowest BCUT2D eigenvalue weighted by molar-refractivity contribution is -0.132. The van der Waals surface area contributed by atoms with Gasteiger partial charge in [0.15, 0.2) is 0 Å². The van der Waals surface area contributed by atoms with E-state index < -0.39 is 0 Å². The maximum absolute atomic E-state index is 12.2. The average Bonchev–Trinajstić information content (AvgIpc) is 2.54. The molecule has 1 aromatic rings. The number of aromatic nitrogens is 1. The van der Waals surface area contributed by atoms with E-state index in [4.69, 9.17) is 5.73 Å². The maximum Gasteiger partial charge on any atom is 0.236 e. The topological polar surface area (TPSA) is 65.7 Å². The lowest BCUT2D eigenvalue weighted by Gasteiger charge is -2.36. The van der Waals surface area contributed by atoms with Crippen LogP contribution in [0.2, 0.25) is 0 Å². The lowest BCUT2D eigenvalue weighted by atomic mass is 10.2. The Labute approximate surface area is 150 Å². The maximum atomic E-state index is 12.2. The average molecular weight is 364 g/mol. The van der Waals surface area contributed by atoms with Gasteiger partial charge in [0.25, 0.3) is 0 Å². The van der Waals surface area contributed by atoms with Gasteiger partial charge in [-0.25, -0.2) is 4.98 Å². The summed E-state index contributed by atoms with van der Waals surface area (Å²) in [4.78, 5) is 22.7. The van der Waals surface area contributed by atoms with E-state index in [9.17, 15) is 4.79 Å². The highest BCUT2D eigenvalue weighted by molar-refractivity contribution is 5.85. The molecule has 0 bridgehead atoms. The summed E-state index contributed by atoms with van der Waals surface area (Å²) in [6.07, 6.45) is 1.81. The number of piperazine rings is 1. The first kappa shape index (κ1) is 21.9. The van der Waals surface area contributed by atoms with E-state index in [0.29, 0.717) is 13.1 Å². The zero-order valence-electron chi connectivity index (χ0n) is 13.7. The van der Waals surface area contributed by atoms with Gasteiger partial charge in [-0.15, -0.1) is 24.8 Å². The minimum Gasteiger partial charge on any atom is -0.354 e. The second-order valence-corrected chi connectivity index (χ2v) is 5.54. The molecule has 2 N–H and O–H groups in total. The van der Waals surface area contributed by atoms with Crippen LogP contribution in [0.25, 0.3) is 0 Å². The number of hydrogen-bond acceptors (Lipinski definition) is 5. The van der Waals surface area contributed by atoms with Crippen molar-refractivity contribution in [3.05, 3.63) is 24.4 Å². The first-order chi connectivity index (χ1) is 10.1. The number of likely N-dealkylation sites (N-methyl/N-ethyl adjacent to an activating group) is 1. The van der Waals surface area contributed by atoms with Gasteiger partial charge in [-0.2, -0.15) is 0 Å². The van der Waals surface area contributed by atoms with Crippen LogP contribution in [0.15, 0.2) is 24.4 Å². The van der Waals surface area contributed by atoms with Crippen LogP contribution < -0.4 is 10.6 Å². The Morgan fingerprint density at radius 3 is 2.48 bits per heavy atom. The van der Waals surface area contributed by atoms with Crippen LogP contribution in [0.4, 0.5) is 5.82 Å². The Balaban J connectivity index is 0.00000242. The molecule has 1 unspecified atom stereocenters. The van der Waals surface area contributed by atoms with E-state index in [1.54, 1.807) is 4.90 Å². The standard InChI is InChI=1S/C15H25N5O.2ClH/c1-13(11-16)18(2)15(21)12-19-7-9-20(10-8-19)14-5-3-4-6-17-14;;/h3-6,13H,7-12,16H2,1-2H3;2*1H. The molecule has 0 aliphatic carbocycles. The molecule has 6 nitrogen and oxygen atoms in total. The van der Waals surface area contributed by atoms with Gasteiger partial charge in [0.1, 0.15) is 5.82 Å². The van der Waals surface area contributed by atoms with E-state index in [-0.39, 0.29) is 36.8 Å². The lowest BCUT2D eigenvalue weighted by Crippen LogP contribution is -2.51. The van der Waals surface area contributed by atoms with Crippen molar-refractivity contribution in [3.8, 4) is 0 Å². The van der Waals surface area contributed by atoms with E-state index in [0.717, 1.165) is 32.0 Å². The first-order valence-electron chi connectivity index (χ1n) is 7.46. The number of nitrogens with two attached hydrogens (primary N) is 1. The van der Waals surface area contributed by atoms with Crippen molar-refractivity contribution in [1.82, 2.24) is 14.8 Å². The molecule has 1 amide bonds. The fourth-order valence-electron chi connectivity index (χ4n) is 2.38. The number of halogens is 2. The highest BCUT2D eigenvalue weighted by atomic mass is 35.5. The van der Waals surface area contributed by atoms with E-state index in [1.165, 1.54) is 0 Å². The van der Waals surface area contributed by atoms with Gasteiger partial charge >= 0.3 is 0 Å². The molecule has 0 radical (unpaired) electrons. The third-order valence-corrected chi connectivity index (χ3v) is 4.10. The molecule has 0 saturated carbocycles. The van der Waals surface area contributed by atoms with Gasteiger partial charge in [0.05, 0.1) is 6.54 Å². The Morgan fingerprint density at radius 2 is 1.96 bits per heavy atom. The van der Waals surface area contributed by atoms with Crippen LogP contribution >= 0.6 is 24.8 Å². The zero-order valence-corrected chi connectivity index (χ0v) is 15.4. The fourth-order valence-corrected chi connectivity index (χ4v) is 2.38. The number of rotatable bonds is 5. The van der Waals surface area contributed by atoms with Crippen molar-refractivity contribution in [1.29, 1.82) is 0 Å². The molecule has 2 rings (SSSR count).